The summed E-state index contributed by atoms with van der Waals surface area (Å²) in [5.41, 5.74) is 2.14. The Hall–Kier alpha value is -1.37. The molecule has 1 heterocycles. The van der Waals surface area contributed by atoms with E-state index in [1.165, 1.54) is 5.39 Å². The van der Waals surface area contributed by atoms with E-state index < -0.39 is 0 Å². The Morgan fingerprint density at radius 3 is 2.85 bits per heavy atom. The molecule has 0 bridgehead atoms. The number of hydrogen-bond acceptors (Lipinski definition) is 1. The van der Waals surface area contributed by atoms with Crippen LogP contribution < -0.4 is 0 Å². The highest BCUT2D eigenvalue weighted by Crippen LogP contribution is 2.13. The summed E-state index contributed by atoms with van der Waals surface area (Å²) in [6, 6.07) is 12.4. The van der Waals surface area contributed by atoms with Crippen LogP contribution in [-0.4, -0.2) is 4.98 Å². The average molecular weight is 170 g/mol. The van der Waals surface area contributed by atoms with Crippen molar-refractivity contribution < 1.29 is 0 Å². The van der Waals surface area contributed by atoms with E-state index in [2.05, 4.69) is 36.5 Å². The second-order valence-electron chi connectivity index (χ2n) is 3.04. The van der Waals surface area contributed by atoms with Crippen LogP contribution >= 0.6 is 0 Å². The number of hydrogen-bond donors (Lipinski definition) is 0. The first-order valence-electron chi connectivity index (χ1n) is 4.59. The van der Waals surface area contributed by atoms with Gasteiger partial charge in [0, 0.05) is 17.5 Å². The van der Waals surface area contributed by atoms with Gasteiger partial charge in [-0.2, -0.15) is 0 Å². The Labute approximate surface area is 78.4 Å². The summed E-state index contributed by atoms with van der Waals surface area (Å²) in [6.07, 6.45) is 3.16. The van der Waals surface area contributed by atoms with E-state index in [1.54, 1.807) is 0 Å². The zero-order valence-corrected chi connectivity index (χ0v) is 7.70. The normalized spacial score (nSPS) is 10.5. The zero-order valence-electron chi connectivity index (χ0n) is 7.70. The molecular formula is C12H12N. The first-order chi connectivity index (χ1) is 6.40. The van der Waals surface area contributed by atoms with Gasteiger partial charge in [0.15, 0.2) is 0 Å². The van der Waals surface area contributed by atoms with Crippen molar-refractivity contribution in [3.8, 4) is 0 Å². The molecule has 0 saturated carbocycles. The first kappa shape index (κ1) is 8.24. The Bertz CT molecular complexity index is 407. The number of para-hydroxylation sites is 1. The smallest absolute Gasteiger partial charge is 0.0705 e. The molecule has 0 atom stereocenters. The van der Waals surface area contributed by atoms with Gasteiger partial charge in [-0.05, 0) is 18.6 Å². The predicted molar refractivity (Wildman–Crippen MR) is 55.4 cm³/mol. The molecule has 0 aliphatic heterocycles. The standard InChI is InChI=1S/C12H12N/c1-2-5-11-9-8-10-6-3-4-7-12(10)13-11/h3-9H,2H2,1H3. The minimum atomic E-state index is 1.03. The maximum Gasteiger partial charge on any atom is 0.0705 e. The number of pyridine rings is 1. The van der Waals surface area contributed by atoms with Gasteiger partial charge in [-0.1, -0.05) is 31.2 Å². The van der Waals surface area contributed by atoms with Crippen molar-refractivity contribution in [3.63, 3.8) is 0 Å². The van der Waals surface area contributed by atoms with Gasteiger partial charge in [0.05, 0.1) is 5.52 Å². The Morgan fingerprint density at radius 1 is 1.15 bits per heavy atom. The van der Waals surface area contributed by atoms with Crippen molar-refractivity contribution in [3.05, 3.63) is 48.5 Å². The van der Waals surface area contributed by atoms with E-state index in [0.717, 1.165) is 17.6 Å². The molecule has 1 nitrogen and oxygen atoms in total. The van der Waals surface area contributed by atoms with Crippen LogP contribution in [0, 0.1) is 6.42 Å². The van der Waals surface area contributed by atoms with Gasteiger partial charge < -0.3 is 0 Å². The summed E-state index contributed by atoms with van der Waals surface area (Å²) in [5.74, 6) is 0. The summed E-state index contributed by atoms with van der Waals surface area (Å²) >= 11 is 0. The third-order valence-corrected chi connectivity index (χ3v) is 2.03. The second kappa shape index (κ2) is 3.56. The van der Waals surface area contributed by atoms with Gasteiger partial charge in [0.2, 0.25) is 0 Å². The van der Waals surface area contributed by atoms with Crippen molar-refractivity contribution in [2.24, 2.45) is 0 Å². The fourth-order valence-corrected chi connectivity index (χ4v) is 1.40. The minimum Gasteiger partial charge on any atom is -0.253 e. The van der Waals surface area contributed by atoms with E-state index in [4.69, 9.17) is 0 Å². The van der Waals surface area contributed by atoms with Crippen LogP contribution in [-0.2, 0) is 0 Å². The lowest BCUT2D eigenvalue weighted by molar-refractivity contribution is 1.08. The van der Waals surface area contributed by atoms with Gasteiger partial charge in [-0.25, -0.2) is 0 Å². The molecule has 2 rings (SSSR count). The molecular weight excluding hydrogens is 158 g/mol. The Morgan fingerprint density at radius 2 is 2.00 bits per heavy atom. The number of nitrogens with zero attached hydrogens (tertiary/aromatic N) is 1. The van der Waals surface area contributed by atoms with Gasteiger partial charge in [0.1, 0.15) is 0 Å². The molecule has 0 aliphatic carbocycles. The second-order valence-corrected chi connectivity index (χ2v) is 3.04. The third kappa shape index (κ3) is 1.69. The molecule has 0 saturated heterocycles. The summed E-state index contributed by atoms with van der Waals surface area (Å²) < 4.78 is 0. The summed E-state index contributed by atoms with van der Waals surface area (Å²) in [5, 5.41) is 1.20. The van der Waals surface area contributed by atoms with Crippen molar-refractivity contribution in [1.29, 1.82) is 0 Å². The highest BCUT2D eigenvalue weighted by molar-refractivity contribution is 5.78. The Balaban J connectivity index is 2.49. The van der Waals surface area contributed by atoms with Crippen LogP contribution in [0.3, 0.4) is 0 Å². The molecule has 0 unspecified atom stereocenters. The van der Waals surface area contributed by atoms with Gasteiger partial charge in [-0.3, -0.25) is 4.98 Å². The molecule has 2 aromatic rings. The SMILES string of the molecule is CC[CH]c1ccc2ccccc2n1. The molecule has 0 aliphatic rings. The third-order valence-electron chi connectivity index (χ3n) is 2.03. The van der Waals surface area contributed by atoms with Crippen molar-refractivity contribution in [2.45, 2.75) is 13.3 Å². The fourth-order valence-electron chi connectivity index (χ4n) is 1.40. The van der Waals surface area contributed by atoms with E-state index in [-0.39, 0.29) is 0 Å². The van der Waals surface area contributed by atoms with Gasteiger partial charge in [0.25, 0.3) is 0 Å². The highest BCUT2D eigenvalue weighted by atomic mass is 14.7. The molecule has 1 heteroatoms. The number of benzene rings is 1. The number of aromatic nitrogens is 1. The van der Waals surface area contributed by atoms with Crippen LogP contribution in [0.4, 0.5) is 0 Å². The first-order valence-corrected chi connectivity index (χ1v) is 4.59. The van der Waals surface area contributed by atoms with Crippen LogP contribution in [0.25, 0.3) is 10.9 Å². The van der Waals surface area contributed by atoms with Crippen LogP contribution in [0.2, 0.25) is 0 Å². The van der Waals surface area contributed by atoms with E-state index >= 15 is 0 Å². The summed E-state index contributed by atoms with van der Waals surface area (Å²) in [7, 11) is 0. The quantitative estimate of drug-likeness (QED) is 0.674. The molecule has 0 amide bonds. The van der Waals surface area contributed by atoms with Gasteiger partial charge >= 0.3 is 0 Å². The average Bonchev–Trinajstić information content (AvgIpc) is 2.18. The topological polar surface area (TPSA) is 12.9 Å². The molecule has 1 radical (unpaired) electrons. The predicted octanol–water partition coefficient (Wildman–Crippen LogP) is 3.20. The molecule has 0 N–H and O–H groups in total. The van der Waals surface area contributed by atoms with Crippen molar-refractivity contribution in [2.75, 3.05) is 0 Å². The lowest BCUT2D eigenvalue weighted by Gasteiger charge is -1.99. The maximum absolute atomic E-state index is 4.51. The van der Waals surface area contributed by atoms with Crippen molar-refractivity contribution in [1.82, 2.24) is 4.98 Å². The summed E-state index contributed by atoms with van der Waals surface area (Å²) in [6.45, 7) is 2.12. The number of fused-ring (bicyclic) bond motifs is 1. The van der Waals surface area contributed by atoms with Gasteiger partial charge in [-0.15, -0.1) is 0 Å². The van der Waals surface area contributed by atoms with Crippen LogP contribution in [0.1, 0.15) is 19.0 Å². The molecule has 1 aromatic carbocycles. The zero-order chi connectivity index (χ0) is 9.10. The molecule has 65 valence electrons. The van der Waals surface area contributed by atoms with E-state index in [0.29, 0.717) is 0 Å². The largest absolute Gasteiger partial charge is 0.253 e. The lowest BCUT2D eigenvalue weighted by atomic mass is 10.1. The van der Waals surface area contributed by atoms with Crippen molar-refractivity contribution >= 4 is 10.9 Å². The minimum absolute atomic E-state index is 1.03. The molecule has 0 spiro atoms. The lowest BCUT2D eigenvalue weighted by Crippen LogP contribution is -1.86. The number of rotatable bonds is 2. The van der Waals surface area contributed by atoms with E-state index in [1.807, 2.05) is 18.2 Å². The molecule has 13 heavy (non-hydrogen) atoms. The monoisotopic (exact) mass is 170 g/mol. The van der Waals surface area contributed by atoms with E-state index in [9.17, 15) is 0 Å². The molecule has 1 aromatic heterocycles. The Kier molecular flexibility index (Phi) is 2.26. The van der Waals surface area contributed by atoms with Crippen LogP contribution in [0.5, 0.6) is 0 Å². The maximum atomic E-state index is 4.51. The molecule has 0 fully saturated rings. The fraction of sp³-hybridized carbons (Fsp3) is 0.167. The van der Waals surface area contributed by atoms with Crippen LogP contribution in [0.15, 0.2) is 36.4 Å². The highest BCUT2D eigenvalue weighted by Gasteiger charge is 1.95. The summed E-state index contributed by atoms with van der Waals surface area (Å²) in [4.78, 5) is 4.51.